The maximum absolute atomic E-state index is 12.4. The first-order chi connectivity index (χ1) is 10.5. The number of anilines is 1. The first-order valence-electron chi connectivity index (χ1n) is 6.46. The summed E-state index contributed by atoms with van der Waals surface area (Å²) in [4.78, 5) is 12.4. The summed E-state index contributed by atoms with van der Waals surface area (Å²) in [7, 11) is 2.97. The monoisotopic (exact) mass is 343 g/mol. The molecule has 2 rings (SSSR count). The molecule has 8 heteroatoms. The lowest BCUT2D eigenvalue weighted by molar-refractivity contribution is 0.101. The molecule has 0 aliphatic heterocycles. The zero-order valence-corrected chi connectivity index (χ0v) is 13.8. The second kappa shape index (κ2) is 6.89. The van der Waals surface area contributed by atoms with E-state index in [2.05, 4.69) is 10.4 Å². The average molecular weight is 344 g/mol. The Morgan fingerprint density at radius 3 is 2.50 bits per heavy atom. The van der Waals surface area contributed by atoms with Gasteiger partial charge >= 0.3 is 0 Å². The Hall–Kier alpha value is -1.92. The second-order valence-electron chi connectivity index (χ2n) is 4.30. The maximum Gasteiger partial charge on any atom is 0.275 e. The number of nitrogens with one attached hydrogen (secondary N) is 1. The highest BCUT2D eigenvalue weighted by Crippen LogP contribution is 2.36. The van der Waals surface area contributed by atoms with Crippen molar-refractivity contribution in [1.82, 2.24) is 9.78 Å². The van der Waals surface area contributed by atoms with Crippen LogP contribution < -0.4 is 14.8 Å². The van der Waals surface area contributed by atoms with Gasteiger partial charge in [0.1, 0.15) is 17.2 Å². The molecule has 1 heterocycles. The number of aromatic nitrogens is 2. The summed E-state index contributed by atoms with van der Waals surface area (Å²) in [6, 6.07) is 3.15. The molecule has 1 aromatic heterocycles. The van der Waals surface area contributed by atoms with E-state index in [1.807, 2.05) is 6.92 Å². The van der Waals surface area contributed by atoms with Crippen LogP contribution in [-0.2, 0) is 6.54 Å². The van der Waals surface area contributed by atoms with Gasteiger partial charge in [0.05, 0.1) is 36.1 Å². The van der Waals surface area contributed by atoms with Crippen LogP contribution in [0.15, 0.2) is 18.3 Å². The first-order valence-corrected chi connectivity index (χ1v) is 7.21. The molecule has 0 aliphatic rings. The topological polar surface area (TPSA) is 65.4 Å². The van der Waals surface area contributed by atoms with Crippen LogP contribution in [0.3, 0.4) is 0 Å². The highest BCUT2D eigenvalue weighted by atomic mass is 35.5. The molecule has 1 N–H and O–H groups in total. The van der Waals surface area contributed by atoms with Crippen molar-refractivity contribution in [3.63, 3.8) is 0 Å². The first kappa shape index (κ1) is 16.5. The zero-order chi connectivity index (χ0) is 16.3. The summed E-state index contributed by atoms with van der Waals surface area (Å²) >= 11 is 12.1. The van der Waals surface area contributed by atoms with E-state index in [0.717, 1.165) is 0 Å². The van der Waals surface area contributed by atoms with Gasteiger partial charge < -0.3 is 14.8 Å². The fraction of sp³-hybridized carbons (Fsp3) is 0.286. The third-order valence-corrected chi connectivity index (χ3v) is 3.60. The van der Waals surface area contributed by atoms with Crippen LogP contribution in [0.5, 0.6) is 11.5 Å². The maximum atomic E-state index is 12.4. The Kier molecular flexibility index (Phi) is 5.15. The van der Waals surface area contributed by atoms with Crippen molar-refractivity contribution in [2.24, 2.45) is 0 Å². The number of ether oxygens (including phenoxy) is 2. The van der Waals surface area contributed by atoms with E-state index in [0.29, 0.717) is 28.8 Å². The molecule has 6 nitrogen and oxygen atoms in total. The molecule has 1 aromatic carbocycles. The summed E-state index contributed by atoms with van der Waals surface area (Å²) in [6.45, 7) is 2.39. The van der Waals surface area contributed by atoms with Gasteiger partial charge in [0.2, 0.25) is 0 Å². The second-order valence-corrected chi connectivity index (χ2v) is 5.11. The van der Waals surface area contributed by atoms with Crippen LogP contribution >= 0.6 is 23.2 Å². The van der Waals surface area contributed by atoms with Crippen molar-refractivity contribution in [3.8, 4) is 11.5 Å². The summed E-state index contributed by atoms with van der Waals surface area (Å²) < 4.78 is 11.9. The Morgan fingerprint density at radius 2 is 1.91 bits per heavy atom. The van der Waals surface area contributed by atoms with Gasteiger partial charge in [-0.05, 0) is 6.92 Å². The summed E-state index contributed by atoms with van der Waals surface area (Å²) in [5, 5.41) is 7.43. The molecule has 0 saturated carbocycles. The summed E-state index contributed by atoms with van der Waals surface area (Å²) in [5.41, 5.74) is 0.703. The van der Waals surface area contributed by atoms with E-state index in [4.69, 9.17) is 32.7 Å². The number of aryl methyl sites for hydroxylation is 1. The lowest BCUT2D eigenvalue weighted by Gasteiger charge is -2.13. The number of amides is 1. The number of methoxy groups -OCH3 is 2. The fourth-order valence-corrected chi connectivity index (χ4v) is 2.43. The molecule has 0 unspecified atom stereocenters. The van der Waals surface area contributed by atoms with Crippen molar-refractivity contribution in [2.45, 2.75) is 13.5 Å². The van der Waals surface area contributed by atoms with Crippen LogP contribution in [0.1, 0.15) is 17.4 Å². The number of halogens is 2. The third-order valence-electron chi connectivity index (χ3n) is 3.03. The third kappa shape index (κ3) is 3.13. The SMILES string of the molecule is CCn1ncc(Cl)c1C(=O)Nc1cc(OC)c(Cl)cc1OC. The molecule has 0 radical (unpaired) electrons. The van der Waals surface area contributed by atoms with Gasteiger partial charge in [-0.2, -0.15) is 5.10 Å². The molecule has 0 fully saturated rings. The summed E-state index contributed by atoms with van der Waals surface area (Å²) in [6.07, 6.45) is 1.43. The molecule has 0 saturated heterocycles. The normalized spacial score (nSPS) is 10.4. The average Bonchev–Trinajstić information content (AvgIpc) is 2.89. The molecule has 0 atom stereocenters. The van der Waals surface area contributed by atoms with Gasteiger partial charge in [0.25, 0.3) is 5.91 Å². The van der Waals surface area contributed by atoms with Gasteiger partial charge in [-0.15, -0.1) is 0 Å². The predicted molar refractivity (Wildman–Crippen MR) is 85.4 cm³/mol. The van der Waals surface area contributed by atoms with Crippen molar-refractivity contribution in [1.29, 1.82) is 0 Å². The molecular weight excluding hydrogens is 329 g/mol. The van der Waals surface area contributed by atoms with E-state index >= 15 is 0 Å². The molecule has 0 aliphatic carbocycles. The smallest absolute Gasteiger partial charge is 0.275 e. The van der Waals surface area contributed by atoms with Crippen LogP contribution in [0.25, 0.3) is 0 Å². The van der Waals surface area contributed by atoms with Gasteiger partial charge in [-0.1, -0.05) is 23.2 Å². The number of carbonyl (C=O) groups is 1. The number of rotatable bonds is 5. The van der Waals surface area contributed by atoms with Gasteiger partial charge in [-0.3, -0.25) is 9.48 Å². The summed E-state index contributed by atoms with van der Waals surface area (Å²) in [5.74, 6) is 0.442. The number of carbonyl (C=O) groups excluding carboxylic acids is 1. The van der Waals surface area contributed by atoms with Crippen LogP contribution in [0, 0.1) is 0 Å². The number of hydrogen-bond donors (Lipinski definition) is 1. The van der Waals surface area contributed by atoms with E-state index in [9.17, 15) is 4.79 Å². The minimum Gasteiger partial charge on any atom is -0.495 e. The van der Waals surface area contributed by atoms with E-state index in [1.165, 1.54) is 25.1 Å². The molecular formula is C14H15Cl2N3O3. The lowest BCUT2D eigenvalue weighted by atomic mass is 10.2. The number of nitrogens with zero attached hydrogens (tertiary/aromatic N) is 2. The molecule has 2 aromatic rings. The molecule has 22 heavy (non-hydrogen) atoms. The highest BCUT2D eigenvalue weighted by molar-refractivity contribution is 6.34. The Labute approximate surface area is 137 Å². The standard InChI is InChI=1S/C14H15Cl2N3O3/c1-4-19-13(9(16)7-17-19)14(20)18-10-6-11(21-2)8(15)5-12(10)22-3/h5-7H,4H2,1-3H3,(H,18,20). The van der Waals surface area contributed by atoms with Crippen LogP contribution in [0.4, 0.5) is 5.69 Å². The quantitative estimate of drug-likeness (QED) is 0.902. The largest absolute Gasteiger partial charge is 0.495 e. The lowest BCUT2D eigenvalue weighted by Crippen LogP contribution is -2.18. The minimum absolute atomic E-state index is 0.277. The Bertz CT molecular complexity index is 701. The van der Waals surface area contributed by atoms with Crippen molar-refractivity contribution >= 4 is 34.8 Å². The molecule has 1 amide bonds. The minimum atomic E-state index is -0.396. The van der Waals surface area contributed by atoms with E-state index < -0.39 is 5.91 Å². The van der Waals surface area contributed by atoms with Gasteiger partial charge in [0, 0.05) is 18.7 Å². The Morgan fingerprint density at radius 1 is 1.23 bits per heavy atom. The fourth-order valence-electron chi connectivity index (χ4n) is 1.97. The van der Waals surface area contributed by atoms with E-state index in [-0.39, 0.29) is 10.7 Å². The molecule has 0 spiro atoms. The van der Waals surface area contributed by atoms with Crippen LogP contribution in [-0.4, -0.2) is 29.9 Å². The Balaban J connectivity index is 2.37. The molecule has 118 valence electrons. The van der Waals surface area contributed by atoms with Gasteiger partial charge in [-0.25, -0.2) is 0 Å². The van der Waals surface area contributed by atoms with E-state index in [1.54, 1.807) is 12.1 Å². The zero-order valence-electron chi connectivity index (χ0n) is 12.3. The number of benzene rings is 1. The molecule has 0 bridgehead atoms. The van der Waals surface area contributed by atoms with Crippen LogP contribution in [0.2, 0.25) is 10.0 Å². The van der Waals surface area contributed by atoms with Crippen molar-refractivity contribution < 1.29 is 14.3 Å². The number of hydrogen-bond acceptors (Lipinski definition) is 4. The van der Waals surface area contributed by atoms with Gasteiger partial charge in [0.15, 0.2) is 0 Å². The highest BCUT2D eigenvalue weighted by Gasteiger charge is 2.19. The van der Waals surface area contributed by atoms with Crippen molar-refractivity contribution in [3.05, 3.63) is 34.1 Å². The van der Waals surface area contributed by atoms with Crippen molar-refractivity contribution in [2.75, 3.05) is 19.5 Å². The predicted octanol–water partition coefficient (Wildman–Crippen LogP) is 3.48.